The second kappa shape index (κ2) is 5.19. The summed E-state index contributed by atoms with van der Waals surface area (Å²) in [4.78, 5) is 11.9. The van der Waals surface area contributed by atoms with E-state index < -0.39 is 6.10 Å². The lowest BCUT2D eigenvalue weighted by atomic mass is 10.1. The molecule has 1 aromatic rings. The average molecular weight is 235 g/mol. The number of ether oxygens (including phenoxy) is 2. The second-order valence-corrected chi connectivity index (χ2v) is 4.28. The highest BCUT2D eigenvalue weighted by atomic mass is 16.5. The van der Waals surface area contributed by atoms with Crippen molar-refractivity contribution in [3.8, 4) is 5.75 Å². The number of benzene rings is 1. The standard InChI is InChI=1S/C13H17NO3/c1-9(8-16-2)14-13(15)12-7-10-5-3-4-6-11(10)17-12/h3-6,9,12H,7-8H2,1-2H3,(H,14,15). The van der Waals surface area contributed by atoms with Crippen LogP contribution in [-0.4, -0.2) is 31.8 Å². The summed E-state index contributed by atoms with van der Waals surface area (Å²) in [6.07, 6.45) is 0.230. The van der Waals surface area contributed by atoms with Crippen molar-refractivity contribution in [3.63, 3.8) is 0 Å². The summed E-state index contributed by atoms with van der Waals surface area (Å²) in [5, 5.41) is 2.87. The van der Waals surface area contributed by atoms with E-state index in [4.69, 9.17) is 9.47 Å². The van der Waals surface area contributed by atoms with Gasteiger partial charge in [-0.25, -0.2) is 0 Å². The number of nitrogens with one attached hydrogen (secondary N) is 1. The number of fused-ring (bicyclic) bond motifs is 1. The minimum Gasteiger partial charge on any atom is -0.480 e. The largest absolute Gasteiger partial charge is 0.480 e. The van der Waals surface area contributed by atoms with Gasteiger partial charge in [0, 0.05) is 19.6 Å². The van der Waals surface area contributed by atoms with Crippen LogP contribution in [0.2, 0.25) is 0 Å². The summed E-state index contributed by atoms with van der Waals surface area (Å²) in [5.74, 6) is 0.734. The topological polar surface area (TPSA) is 47.6 Å². The van der Waals surface area contributed by atoms with Crippen LogP contribution in [0.3, 0.4) is 0 Å². The molecule has 1 N–H and O–H groups in total. The van der Waals surface area contributed by atoms with Gasteiger partial charge in [0.2, 0.25) is 0 Å². The molecule has 1 amide bonds. The van der Waals surface area contributed by atoms with Gasteiger partial charge in [0.05, 0.1) is 6.61 Å². The first-order valence-corrected chi connectivity index (χ1v) is 5.74. The lowest BCUT2D eigenvalue weighted by molar-refractivity contribution is -0.128. The van der Waals surface area contributed by atoms with Crippen molar-refractivity contribution < 1.29 is 14.3 Å². The van der Waals surface area contributed by atoms with Crippen LogP contribution in [0, 0.1) is 0 Å². The van der Waals surface area contributed by atoms with Crippen molar-refractivity contribution in [3.05, 3.63) is 29.8 Å². The minimum absolute atomic E-state index is 0.000174. The zero-order valence-corrected chi connectivity index (χ0v) is 10.1. The molecular formula is C13H17NO3. The molecule has 0 bridgehead atoms. The zero-order valence-electron chi connectivity index (χ0n) is 10.1. The molecule has 2 atom stereocenters. The average Bonchev–Trinajstić information content (AvgIpc) is 2.72. The number of carbonyl (C=O) groups is 1. The monoisotopic (exact) mass is 235 g/mol. The number of carbonyl (C=O) groups excluding carboxylic acids is 1. The van der Waals surface area contributed by atoms with E-state index in [1.54, 1.807) is 7.11 Å². The molecule has 0 saturated carbocycles. The van der Waals surface area contributed by atoms with E-state index in [9.17, 15) is 4.79 Å². The Bertz CT molecular complexity index is 380. The van der Waals surface area contributed by atoms with Gasteiger partial charge in [0.15, 0.2) is 6.10 Å². The molecule has 0 radical (unpaired) electrons. The molecule has 17 heavy (non-hydrogen) atoms. The van der Waals surface area contributed by atoms with Crippen LogP contribution in [0.25, 0.3) is 0 Å². The number of methoxy groups -OCH3 is 1. The van der Waals surface area contributed by atoms with E-state index in [2.05, 4.69) is 5.32 Å². The summed E-state index contributed by atoms with van der Waals surface area (Å²) in [6.45, 7) is 2.41. The van der Waals surface area contributed by atoms with Gasteiger partial charge in [-0.15, -0.1) is 0 Å². The van der Waals surface area contributed by atoms with Gasteiger partial charge < -0.3 is 14.8 Å². The first-order valence-electron chi connectivity index (χ1n) is 5.74. The van der Waals surface area contributed by atoms with Gasteiger partial charge >= 0.3 is 0 Å². The molecule has 2 rings (SSSR count). The smallest absolute Gasteiger partial charge is 0.261 e. The molecule has 0 fully saturated rings. The fourth-order valence-electron chi connectivity index (χ4n) is 1.96. The van der Waals surface area contributed by atoms with Crippen LogP contribution >= 0.6 is 0 Å². The molecule has 1 aliphatic rings. The molecule has 4 heteroatoms. The fourth-order valence-corrected chi connectivity index (χ4v) is 1.96. The maximum Gasteiger partial charge on any atom is 0.261 e. The number of rotatable bonds is 4. The van der Waals surface area contributed by atoms with Gasteiger partial charge in [-0.1, -0.05) is 18.2 Å². The third kappa shape index (κ3) is 2.77. The van der Waals surface area contributed by atoms with Crippen LogP contribution in [0.4, 0.5) is 0 Å². The van der Waals surface area contributed by atoms with Gasteiger partial charge in [0.25, 0.3) is 5.91 Å². The fraction of sp³-hybridized carbons (Fsp3) is 0.462. The second-order valence-electron chi connectivity index (χ2n) is 4.28. The molecule has 2 unspecified atom stereocenters. The number of hydrogen-bond acceptors (Lipinski definition) is 3. The molecule has 1 heterocycles. The summed E-state index contributed by atoms with van der Waals surface area (Å²) < 4.78 is 10.6. The first-order chi connectivity index (χ1) is 8.20. The van der Waals surface area contributed by atoms with Crippen molar-refractivity contribution in [1.82, 2.24) is 5.32 Å². The molecule has 0 aliphatic carbocycles. The van der Waals surface area contributed by atoms with E-state index >= 15 is 0 Å². The molecule has 1 aliphatic heterocycles. The first kappa shape index (κ1) is 11.9. The third-order valence-corrected chi connectivity index (χ3v) is 2.74. The third-order valence-electron chi connectivity index (χ3n) is 2.74. The zero-order chi connectivity index (χ0) is 12.3. The van der Waals surface area contributed by atoms with Gasteiger partial charge in [-0.05, 0) is 18.6 Å². The lowest BCUT2D eigenvalue weighted by Crippen LogP contribution is -2.43. The van der Waals surface area contributed by atoms with Crippen molar-refractivity contribution in [2.45, 2.75) is 25.5 Å². The van der Waals surface area contributed by atoms with Crippen molar-refractivity contribution in [1.29, 1.82) is 0 Å². The van der Waals surface area contributed by atoms with E-state index in [-0.39, 0.29) is 11.9 Å². The van der Waals surface area contributed by atoms with Crippen LogP contribution < -0.4 is 10.1 Å². The van der Waals surface area contributed by atoms with E-state index in [0.29, 0.717) is 13.0 Å². The maximum absolute atomic E-state index is 11.9. The lowest BCUT2D eigenvalue weighted by Gasteiger charge is -2.16. The molecule has 0 aromatic heterocycles. The molecule has 4 nitrogen and oxygen atoms in total. The maximum atomic E-state index is 11.9. The Hall–Kier alpha value is -1.55. The van der Waals surface area contributed by atoms with Crippen LogP contribution in [0.1, 0.15) is 12.5 Å². The van der Waals surface area contributed by atoms with E-state index in [0.717, 1.165) is 11.3 Å². The van der Waals surface area contributed by atoms with Gasteiger partial charge in [0.1, 0.15) is 5.75 Å². The highest BCUT2D eigenvalue weighted by Crippen LogP contribution is 2.28. The normalized spacial score (nSPS) is 19.3. The highest BCUT2D eigenvalue weighted by molar-refractivity contribution is 5.82. The Kier molecular flexibility index (Phi) is 3.64. The quantitative estimate of drug-likeness (QED) is 0.851. The summed E-state index contributed by atoms with van der Waals surface area (Å²) in [7, 11) is 1.62. The van der Waals surface area contributed by atoms with Crippen molar-refractivity contribution in [2.24, 2.45) is 0 Å². The SMILES string of the molecule is COCC(C)NC(=O)C1Cc2ccccc2O1. The predicted octanol–water partition coefficient (Wildman–Crippen LogP) is 1.14. The number of amides is 1. The summed E-state index contributed by atoms with van der Waals surface area (Å²) in [5.41, 5.74) is 1.09. The Balaban J connectivity index is 1.92. The Morgan fingerprint density at radius 2 is 2.35 bits per heavy atom. The Labute approximate surface area is 101 Å². The Morgan fingerprint density at radius 3 is 3.06 bits per heavy atom. The van der Waals surface area contributed by atoms with Gasteiger partial charge in [-0.2, -0.15) is 0 Å². The molecule has 0 spiro atoms. The molecular weight excluding hydrogens is 218 g/mol. The van der Waals surface area contributed by atoms with Crippen molar-refractivity contribution in [2.75, 3.05) is 13.7 Å². The van der Waals surface area contributed by atoms with Crippen LogP contribution in [0.5, 0.6) is 5.75 Å². The predicted molar refractivity (Wildman–Crippen MR) is 64.0 cm³/mol. The van der Waals surface area contributed by atoms with Crippen LogP contribution in [-0.2, 0) is 16.0 Å². The number of para-hydroxylation sites is 1. The highest BCUT2D eigenvalue weighted by Gasteiger charge is 2.29. The Morgan fingerprint density at radius 1 is 1.59 bits per heavy atom. The summed E-state index contributed by atoms with van der Waals surface area (Å²) >= 11 is 0. The molecule has 92 valence electrons. The van der Waals surface area contributed by atoms with E-state index in [1.807, 2.05) is 31.2 Å². The van der Waals surface area contributed by atoms with Crippen molar-refractivity contribution >= 4 is 5.91 Å². The van der Waals surface area contributed by atoms with Crippen LogP contribution in [0.15, 0.2) is 24.3 Å². The van der Waals surface area contributed by atoms with Gasteiger partial charge in [-0.3, -0.25) is 4.79 Å². The summed E-state index contributed by atoms with van der Waals surface area (Å²) in [6, 6.07) is 7.74. The number of hydrogen-bond donors (Lipinski definition) is 1. The van der Waals surface area contributed by atoms with E-state index in [1.165, 1.54) is 0 Å². The minimum atomic E-state index is -0.410. The molecule has 0 saturated heterocycles. The molecule has 1 aromatic carbocycles.